The molecule has 1 amide bonds. The van der Waals surface area contributed by atoms with Crippen LogP contribution in [0.4, 0.5) is 15.2 Å². The lowest BCUT2D eigenvalue weighted by Crippen LogP contribution is -2.12. The molecule has 31 heavy (non-hydrogen) atoms. The second-order valence-corrected chi connectivity index (χ2v) is 7.86. The van der Waals surface area contributed by atoms with Crippen LogP contribution >= 0.6 is 11.3 Å². The highest BCUT2D eigenvalue weighted by molar-refractivity contribution is 7.14. The SMILES string of the molecule is COc1cccc(Cn2c(-c3csc(Nc4ccc(F)cc4)n3)cc(C(N)=O)c2C)c1. The van der Waals surface area contributed by atoms with Crippen molar-refractivity contribution >= 4 is 28.1 Å². The van der Waals surface area contributed by atoms with Gasteiger partial charge in [0.1, 0.15) is 11.6 Å². The Bertz CT molecular complexity index is 1230. The molecule has 0 radical (unpaired) electrons. The lowest BCUT2D eigenvalue weighted by Gasteiger charge is -2.12. The maximum absolute atomic E-state index is 13.1. The molecule has 0 atom stereocenters. The minimum atomic E-state index is -0.483. The molecule has 4 aromatic rings. The summed E-state index contributed by atoms with van der Waals surface area (Å²) in [5, 5.41) is 5.74. The summed E-state index contributed by atoms with van der Waals surface area (Å²) >= 11 is 1.42. The zero-order chi connectivity index (χ0) is 22.0. The smallest absolute Gasteiger partial charge is 0.250 e. The Morgan fingerprint density at radius 2 is 2.00 bits per heavy atom. The fourth-order valence-electron chi connectivity index (χ4n) is 3.37. The van der Waals surface area contributed by atoms with Crippen molar-refractivity contribution in [2.75, 3.05) is 12.4 Å². The Morgan fingerprint density at radius 1 is 1.23 bits per heavy atom. The van der Waals surface area contributed by atoms with Crippen molar-refractivity contribution in [1.82, 2.24) is 9.55 Å². The van der Waals surface area contributed by atoms with E-state index >= 15 is 0 Å². The summed E-state index contributed by atoms with van der Waals surface area (Å²) in [5.41, 5.74) is 10.1. The van der Waals surface area contributed by atoms with Crippen LogP contribution in [0.25, 0.3) is 11.4 Å². The van der Waals surface area contributed by atoms with E-state index < -0.39 is 5.91 Å². The number of rotatable bonds is 7. The van der Waals surface area contributed by atoms with E-state index in [9.17, 15) is 9.18 Å². The van der Waals surface area contributed by atoms with E-state index in [2.05, 4.69) is 10.3 Å². The Balaban J connectivity index is 1.69. The van der Waals surface area contributed by atoms with Gasteiger partial charge in [0.15, 0.2) is 5.13 Å². The van der Waals surface area contributed by atoms with Crippen LogP contribution in [0.5, 0.6) is 5.75 Å². The number of nitrogens with two attached hydrogens (primary N) is 1. The lowest BCUT2D eigenvalue weighted by atomic mass is 10.2. The largest absolute Gasteiger partial charge is 0.497 e. The average molecular weight is 437 g/mol. The van der Waals surface area contributed by atoms with Gasteiger partial charge in [0.05, 0.1) is 24.1 Å². The number of primary amides is 1. The molecule has 2 aromatic carbocycles. The van der Waals surface area contributed by atoms with Gasteiger partial charge >= 0.3 is 0 Å². The predicted molar refractivity (Wildman–Crippen MR) is 121 cm³/mol. The maximum atomic E-state index is 13.1. The molecule has 0 aliphatic heterocycles. The first-order chi connectivity index (χ1) is 14.9. The Hall–Kier alpha value is -3.65. The number of methoxy groups -OCH3 is 1. The molecule has 8 heteroatoms. The number of thiazole rings is 1. The zero-order valence-corrected chi connectivity index (χ0v) is 17.9. The highest BCUT2D eigenvalue weighted by Crippen LogP contribution is 2.31. The average Bonchev–Trinajstić information content (AvgIpc) is 3.35. The van der Waals surface area contributed by atoms with E-state index in [1.165, 1.54) is 23.5 Å². The Kier molecular flexibility index (Phi) is 5.73. The van der Waals surface area contributed by atoms with E-state index in [0.717, 1.165) is 28.4 Å². The molecule has 6 nitrogen and oxygen atoms in total. The van der Waals surface area contributed by atoms with E-state index in [0.29, 0.717) is 22.9 Å². The summed E-state index contributed by atoms with van der Waals surface area (Å²) in [4.78, 5) is 16.6. The molecule has 0 aliphatic rings. The number of carbonyl (C=O) groups excluding carboxylic acids is 1. The minimum Gasteiger partial charge on any atom is -0.497 e. The summed E-state index contributed by atoms with van der Waals surface area (Å²) in [6.45, 7) is 2.40. The van der Waals surface area contributed by atoms with Crippen LogP contribution in [0.3, 0.4) is 0 Å². The molecule has 2 aromatic heterocycles. The Labute approximate surface area is 183 Å². The summed E-state index contributed by atoms with van der Waals surface area (Å²) in [7, 11) is 1.63. The zero-order valence-electron chi connectivity index (χ0n) is 17.1. The molecule has 0 spiro atoms. The van der Waals surface area contributed by atoms with Crippen LogP contribution < -0.4 is 15.8 Å². The third-order valence-electron chi connectivity index (χ3n) is 4.97. The first-order valence-corrected chi connectivity index (χ1v) is 10.4. The van der Waals surface area contributed by atoms with E-state index in [4.69, 9.17) is 10.5 Å². The number of nitrogens with one attached hydrogen (secondary N) is 1. The molecule has 0 saturated heterocycles. The number of carbonyl (C=O) groups is 1. The topological polar surface area (TPSA) is 82.2 Å². The van der Waals surface area contributed by atoms with Crippen LogP contribution in [0, 0.1) is 12.7 Å². The number of anilines is 2. The van der Waals surface area contributed by atoms with Crippen molar-refractivity contribution in [2.45, 2.75) is 13.5 Å². The van der Waals surface area contributed by atoms with Crippen molar-refractivity contribution in [1.29, 1.82) is 0 Å². The van der Waals surface area contributed by atoms with Gasteiger partial charge in [-0.25, -0.2) is 9.37 Å². The summed E-state index contributed by atoms with van der Waals surface area (Å²) in [6, 6.07) is 15.6. The van der Waals surface area contributed by atoms with E-state index in [1.807, 2.05) is 41.1 Å². The standard InChI is InChI=1S/C23H21FN4O2S/c1-14-19(22(25)29)11-21(28(14)12-15-4-3-5-18(10-15)30-2)20-13-31-23(27-20)26-17-8-6-16(24)7-9-17/h3-11,13H,12H2,1-2H3,(H2,25,29)(H,26,27). The van der Waals surface area contributed by atoms with Gasteiger partial charge in [0.25, 0.3) is 5.91 Å². The van der Waals surface area contributed by atoms with E-state index in [-0.39, 0.29) is 5.82 Å². The molecule has 0 aliphatic carbocycles. The van der Waals surface area contributed by atoms with Gasteiger partial charge in [-0.2, -0.15) is 0 Å². The summed E-state index contributed by atoms with van der Waals surface area (Å²) in [5.74, 6) is -0.0170. The van der Waals surface area contributed by atoms with Gasteiger partial charge in [0.2, 0.25) is 0 Å². The van der Waals surface area contributed by atoms with Crippen LogP contribution in [-0.2, 0) is 6.54 Å². The number of hydrogen-bond donors (Lipinski definition) is 2. The third kappa shape index (κ3) is 4.44. The number of nitrogens with zero attached hydrogens (tertiary/aromatic N) is 2. The van der Waals surface area contributed by atoms with Crippen molar-refractivity contribution < 1.29 is 13.9 Å². The van der Waals surface area contributed by atoms with Crippen molar-refractivity contribution in [3.63, 3.8) is 0 Å². The van der Waals surface area contributed by atoms with Crippen LogP contribution in [-0.4, -0.2) is 22.6 Å². The molecule has 4 rings (SSSR count). The molecule has 3 N–H and O–H groups in total. The van der Waals surface area contributed by atoms with Crippen molar-refractivity contribution in [3.8, 4) is 17.1 Å². The molecule has 0 saturated carbocycles. The molecule has 2 heterocycles. The van der Waals surface area contributed by atoms with Crippen LogP contribution in [0.15, 0.2) is 60.0 Å². The maximum Gasteiger partial charge on any atom is 0.250 e. The normalized spacial score (nSPS) is 10.8. The molecule has 158 valence electrons. The Morgan fingerprint density at radius 3 is 2.71 bits per heavy atom. The first kappa shape index (κ1) is 20.6. The fraction of sp³-hybridized carbons (Fsp3) is 0.130. The highest BCUT2D eigenvalue weighted by atomic mass is 32.1. The lowest BCUT2D eigenvalue weighted by molar-refractivity contribution is 0.0999. The number of benzene rings is 2. The van der Waals surface area contributed by atoms with Crippen molar-refractivity contribution in [2.24, 2.45) is 5.73 Å². The molecular formula is C23H21FN4O2S. The van der Waals surface area contributed by atoms with Gasteiger partial charge in [-0.15, -0.1) is 11.3 Å². The molecule has 0 unspecified atom stereocenters. The molecule has 0 fully saturated rings. The first-order valence-electron chi connectivity index (χ1n) is 9.56. The number of amides is 1. The van der Waals surface area contributed by atoms with Crippen LogP contribution in [0.2, 0.25) is 0 Å². The third-order valence-corrected chi connectivity index (χ3v) is 5.73. The number of hydrogen-bond acceptors (Lipinski definition) is 5. The predicted octanol–water partition coefficient (Wildman–Crippen LogP) is 4.96. The van der Waals surface area contributed by atoms with Gasteiger partial charge in [-0.3, -0.25) is 4.79 Å². The second kappa shape index (κ2) is 8.61. The molecule has 0 bridgehead atoms. The highest BCUT2D eigenvalue weighted by Gasteiger charge is 2.19. The van der Waals surface area contributed by atoms with Gasteiger partial charge in [-0.05, 0) is 55.0 Å². The number of halogens is 1. The quantitative estimate of drug-likeness (QED) is 0.429. The van der Waals surface area contributed by atoms with Gasteiger partial charge in [0, 0.05) is 23.3 Å². The second-order valence-electron chi connectivity index (χ2n) is 7.00. The van der Waals surface area contributed by atoms with Gasteiger partial charge in [-0.1, -0.05) is 12.1 Å². The number of ether oxygens (including phenoxy) is 1. The fourth-order valence-corrected chi connectivity index (χ4v) is 4.09. The minimum absolute atomic E-state index is 0.296. The van der Waals surface area contributed by atoms with E-state index in [1.54, 1.807) is 25.3 Å². The van der Waals surface area contributed by atoms with Crippen LogP contribution in [0.1, 0.15) is 21.6 Å². The molecular weight excluding hydrogens is 415 g/mol. The monoisotopic (exact) mass is 436 g/mol. The summed E-state index contributed by atoms with van der Waals surface area (Å²) in [6.07, 6.45) is 0. The van der Waals surface area contributed by atoms with Crippen molar-refractivity contribution in [3.05, 3.63) is 82.6 Å². The summed E-state index contributed by atoms with van der Waals surface area (Å²) < 4.78 is 20.5. The van der Waals surface area contributed by atoms with Gasteiger partial charge < -0.3 is 20.4 Å². The number of aromatic nitrogens is 2.